The van der Waals surface area contributed by atoms with Gasteiger partial charge in [-0.15, -0.1) is 0 Å². The summed E-state index contributed by atoms with van der Waals surface area (Å²) in [5.74, 6) is 1.45. The predicted octanol–water partition coefficient (Wildman–Crippen LogP) is 4.18. The summed E-state index contributed by atoms with van der Waals surface area (Å²) in [4.78, 5) is 9.46. The highest BCUT2D eigenvalue weighted by atomic mass is 16.5. The van der Waals surface area contributed by atoms with E-state index in [1.165, 1.54) is 0 Å². The zero-order valence-electron chi connectivity index (χ0n) is 18.2. The van der Waals surface area contributed by atoms with E-state index < -0.39 is 0 Å². The van der Waals surface area contributed by atoms with Gasteiger partial charge in [0.25, 0.3) is 0 Å². The summed E-state index contributed by atoms with van der Waals surface area (Å²) < 4.78 is 12.8. The highest BCUT2D eigenvalue weighted by Gasteiger charge is 2.16. The number of nitrogens with one attached hydrogen (secondary N) is 2. The summed E-state index contributed by atoms with van der Waals surface area (Å²) >= 11 is 0. The Labute approximate surface area is 186 Å². The Morgan fingerprint density at radius 1 is 0.938 bits per heavy atom. The summed E-state index contributed by atoms with van der Waals surface area (Å²) in [5.41, 5.74) is 5.23. The third-order valence-electron chi connectivity index (χ3n) is 5.76. The number of nitrogens with zero attached hydrogens (tertiary/aromatic N) is 4. The molecule has 0 spiro atoms. The number of piperidine rings is 1. The van der Waals surface area contributed by atoms with Crippen LogP contribution in [0.15, 0.2) is 55.0 Å². The van der Waals surface area contributed by atoms with Crippen LogP contribution in [0.5, 0.6) is 11.5 Å². The highest BCUT2D eigenvalue weighted by Crippen LogP contribution is 2.29. The minimum atomic E-state index is 0.439. The van der Waals surface area contributed by atoms with Crippen LogP contribution in [-0.2, 0) is 0 Å². The van der Waals surface area contributed by atoms with Gasteiger partial charge in [-0.2, -0.15) is 5.10 Å². The Kier molecular flexibility index (Phi) is 5.60. The van der Waals surface area contributed by atoms with E-state index in [2.05, 4.69) is 31.6 Å². The average Bonchev–Trinajstić information content (AvgIpc) is 3.34. The van der Waals surface area contributed by atoms with Gasteiger partial charge in [-0.05, 0) is 44.1 Å². The fraction of sp³-hybridized carbons (Fsp3) is 0.292. The monoisotopic (exact) mass is 430 g/mol. The Hall–Kier alpha value is -3.65. The normalized spacial score (nSPS) is 14.4. The Bertz CT molecular complexity index is 1210. The SMILES string of the molecule is COc1cc(Nc2ccc3ncc(-c4cnn(C5CCNCC5)c4)nc3c2)cc(OC)c1. The van der Waals surface area contributed by atoms with Crippen LogP contribution in [0.3, 0.4) is 0 Å². The molecular weight excluding hydrogens is 404 g/mol. The van der Waals surface area contributed by atoms with Gasteiger partial charge in [-0.3, -0.25) is 9.67 Å². The lowest BCUT2D eigenvalue weighted by atomic mass is 10.1. The van der Waals surface area contributed by atoms with Crippen molar-refractivity contribution in [2.75, 3.05) is 32.6 Å². The number of hydrogen-bond donors (Lipinski definition) is 2. The van der Waals surface area contributed by atoms with E-state index in [-0.39, 0.29) is 0 Å². The van der Waals surface area contributed by atoms with Crippen LogP contribution in [-0.4, -0.2) is 47.1 Å². The van der Waals surface area contributed by atoms with Crippen molar-refractivity contribution in [1.29, 1.82) is 0 Å². The number of hydrogen-bond acceptors (Lipinski definition) is 7. The van der Waals surface area contributed by atoms with E-state index in [0.29, 0.717) is 6.04 Å². The predicted molar refractivity (Wildman–Crippen MR) is 125 cm³/mol. The zero-order valence-corrected chi connectivity index (χ0v) is 18.2. The van der Waals surface area contributed by atoms with Crippen molar-refractivity contribution >= 4 is 22.4 Å². The van der Waals surface area contributed by atoms with Gasteiger partial charge < -0.3 is 20.1 Å². The first kappa shape index (κ1) is 20.3. The maximum atomic E-state index is 5.36. The quantitative estimate of drug-likeness (QED) is 0.475. The molecule has 3 heterocycles. The molecule has 1 fully saturated rings. The summed E-state index contributed by atoms with van der Waals surface area (Å²) in [7, 11) is 3.28. The first-order chi connectivity index (χ1) is 15.7. The Balaban J connectivity index is 1.41. The zero-order chi connectivity index (χ0) is 21.9. The maximum absolute atomic E-state index is 5.36. The summed E-state index contributed by atoms with van der Waals surface area (Å²) in [6, 6.07) is 12.1. The van der Waals surface area contributed by atoms with Crippen LogP contribution in [0, 0.1) is 0 Å². The smallest absolute Gasteiger partial charge is 0.124 e. The first-order valence-corrected chi connectivity index (χ1v) is 10.7. The number of rotatable bonds is 6. The van der Waals surface area contributed by atoms with E-state index in [0.717, 1.165) is 71.1 Å². The molecule has 1 aliphatic heterocycles. The highest BCUT2D eigenvalue weighted by molar-refractivity contribution is 5.82. The number of fused-ring (bicyclic) bond motifs is 1. The van der Waals surface area contributed by atoms with Crippen LogP contribution in [0.4, 0.5) is 11.4 Å². The van der Waals surface area contributed by atoms with Crippen molar-refractivity contribution in [3.63, 3.8) is 0 Å². The molecule has 2 N–H and O–H groups in total. The topological polar surface area (TPSA) is 86.1 Å². The standard InChI is InChI=1S/C24H26N6O2/c1-31-20-9-18(10-21(12-20)32-2)28-17-3-4-22-23(11-17)29-24(14-26-22)16-13-27-30(15-16)19-5-7-25-8-6-19/h3-4,9-15,19,25,28H,5-8H2,1-2H3. The van der Waals surface area contributed by atoms with Gasteiger partial charge in [-0.1, -0.05) is 0 Å². The minimum absolute atomic E-state index is 0.439. The van der Waals surface area contributed by atoms with Gasteiger partial charge in [0, 0.05) is 41.3 Å². The molecule has 2 aromatic heterocycles. The van der Waals surface area contributed by atoms with E-state index in [9.17, 15) is 0 Å². The lowest BCUT2D eigenvalue weighted by molar-refractivity contribution is 0.343. The first-order valence-electron chi connectivity index (χ1n) is 10.7. The number of aromatic nitrogens is 4. The third-order valence-corrected chi connectivity index (χ3v) is 5.76. The molecule has 0 radical (unpaired) electrons. The van der Waals surface area contributed by atoms with E-state index in [1.807, 2.05) is 48.8 Å². The summed E-state index contributed by atoms with van der Waals surface area (Å²) in [5, 5.41) is 11.4. The Morgan fingerprint density at radius 2 is 1.72 bits per heavy atom. The molecule has 4 aromatic rings. The number of ether oxygens (including phenoxy) is 2. The summed E-state index contributed by atoms with van der Waals surface area (Å²) in [6.07, 6.45) is 7.95. The van der Waals surface area contributed by atoms with Crippen LogP contribution in [0.2, 0.25) is 0 Å². The third kappa shape index (κ3) is 4.22. The van der Waals surface area contributed by atoms with Crippen molar-refractivity contribution in [2.45, 2.75) is 18.9 Å². The van der Waals surface area contributed by atoms with Gasteiger partial charge in [-0.25, -0.2) is 4.98 Å². The molecule has 2 aromatic carbocycles. The summed E-state index contributed by atoms with van der Waals surface area (Å²) in [6.45, 7) is 2.06. The maximum Gasteiger partial charge on any atom is 0.124 e. The molecule has 0 saturated carbocycles. The average molecular weight is 431 g/mol. The van der Waals surface area contributed by atoms with Crippen LogP contribution in [0.25, 0.3) is 22.3 Å². The van der Waals surface area contributed by atoms with Crippen molar-refractivity contribution in [2.24, 2.45) is 0 Å². The molecule has 5 rings (SSSR count). The fourth-order valence-corrected chi connectivity index (χ4v) is 4.02. The largest absolute Gasteiger partial charge is 0.497 e. The van der Waals surface area contributed by atoms with Gasteiger partial charge in [0.1, 0.15) is 11.5 Å². The molecule has 8 heteroatoms. The van der Waals surface area contributed by atoms with Gasteiger partial charge in [0.05, 0.1) is 49.4 Å². The van der Waals surface area contributed by atoms with Crippen molar-refractivity contribution in [1.82, 2.24) is 25.1 Å². The van der Waals surface area contributed by atoms with Crippen molar-refractivity contribution in [3.8, 4) is 22.8 Å². The van der Waals surface area contributed by atoms with E-state index in [1.54, 1.807) is 14.2 Å². The van der Waals surface area contributed by atoms with Crippen LogP contribution < -0.4 is 20.1 Å². The molecule has 8 nitrogen and oxygen atoms in total. The van der Waals surface area contributed by atoms with Crippen molar-refractivity contribution in [3.05, 3.63) is 55.0 Å². The number of anilines is 2. The molecule has 164 valence electrons. The lowest BCUT2D eigenvalue weighted by Gasteiger charge is -2.22. The van der Waals surface area contributed by atoms with E-state index >= 15 is 0 Å². The van der Waals surface area contributed by atoms with Gasteiger partial charge in [0.2, 0.25) is 0 Å². The molecule has 0 bridgehead atoms. The van der Waals surface area contributed by atoms with Crippen molar-refractivity contribution < 1.29 is 9.47 Å². The van der Waals surface area contributed by atoms with Crippen LogP contribution in [0.1, 0.15) is 18.9 Å². The number of methoxy groups -OCH3 is 2. The van der Waals surface area contributed by atoms with Gasteiger partial charge >= 0.3 is 0 Å². The fourth-order valence-electron chi connectivity index (χ4n) is 4.02. The second-order valence-corrected chi connectivity index (χ2v) is 7.88. The molecule has 32 heavy (non-hydrogen) atoms. The molecule has 0 unspecified atom stereocenters. The molecule has 0 aliphatic carbocycles. The molecular formula is C24H26N6O2. The molecule has 1 saturated heterocycles. The van der Waals surface area contributed by atoms with Gasteiger partial charge in [0.15, 0.2) is 0 Å². The van der Waals surface area contributed by atoms with E-state index in [4.69, 9.17) is 14.5 Å². The Morgan fingerprint density at radius 3 is 2.47 bits per heavy atom. The minimum Gasteiger partial charge on any atom is -0.497 e. The lowest BCUT2D eigenvalue weighted by Crippen LogP contribution is -2.29. The second kappa shape index (κ2) is 8.84. The second-order valence-electron chi connectivity index (χ2n) is 7.88. The van der Waals surface area contributed by atoms with Crippen LogP contribution >= 0.6 is 0 Å². The number of benzene rings is 2. The molecule has 0 amide bonds. The molecule has 1 aliphatic rings. The molecule has 0 atom stereocenters.